The molecule has 2 nitrogen and oxygen atoms in total. The summed E-state index contributed by atoms with van der Waals surface area (Å²) >= 11 is 6.31. The number of carbonyl (C=O) groups is 1. The molecule has 1 heterocycles. The Morgan fingerprint density at radius 1 is 1.56 bits per heavy atom. The molecule has 0 unspecified atom stereocenters. The number of hydrogen-bond acceptors (Lipinski definition) is 3. The topological polar surface area (TPSA) is 30.0 Å². The maximum Gasteiger partial charge on any atom is 0.417 e. The van der Waals surface area contributed by atoms with Crippen molar-refractivity contribution in [1.29, 1.82) is 0 Å². The highest BCUT2D eigenvalue weighted by Gasteiger charge is 2.32. The Balaban J connectivity index is 3.22. The van der Waals surface area contributed by atoms with Gasteiger partial charge in [0.25, 0.3) is 5.24 Å². The van der Waals surface area contributed by atoms with Crippen LogP contribution in [0.15, 0.2) is 17.2 Å². The van der Waals surface area contributed by atoms with Crippen molar-refractivity contribution < 1.29 is 18.0 Å². The zero-order chi connectivity index (χ0) is 12.3. The first-order chi connectivity index (χ1) is 7.36. The third-order valence-corrected chi connectivity index (χ3v) is 2.76. The van der Waals surface area contributed by atoms with Crippen molar-refractivity contribution in [2.75, 3.05) is 5.75 Å². The summed E-state index contributed by atoms with van der Waals surface area (Å²) in [7, 11) is 0. The Labute approximate surface area is 99.2 Å². The maximum atomic E-state index is 12.4. The van der Waals surface area contributed by atoms with Crippen LogP contribution in [0.1, 0.15) is 23.0 Å². The molecule has 0 N–H and O–H groups in total. The number of alkyl halides is 3. The van der Waals surface area contributed by atoms with Crippen molar-refractivity contribution in [3.63, 3.8) is 0 Å². The molecule has 7 heteroatoms. The molecule has 16 heavy (non-hydrogen) atoms. The van der Waals surface area contributed by atoms with Crippen LogP contribution in [0.2, 0.25) is 0 Å². The van der Waals surface area contributed by atoms with Crippen LogP contribution in [0.4, 0.5) is 13.2 Å². The van der Waals surface area contributed by atoms with Gasteiger partial charge in [0.15, 0.2) is 0 Å². The second-order valence-corrected chi connectivity index (χ2v) is 4.42. The van der Waals surface area contributed by atoms with Crippen LogP contribution < -0.4 is 0 Å². The Morgan fingerprint density at radius 2 is 2.19 bits per heavy atom. The van der Waals surface area contributed by atoms with Gasteiger partial charge >= 0.3 is 6.18 Å². The van der Waals surface area contributed by atoms with Crippen LogP contribution in [0.25, 0.3) is 0 Å². The Hall–Kier alpha value is -0.750. The Bertz CT molecular complexity index is 408. The molecule has 0 aliphatic heterocycles. The molecule has 1 aromatic heterocycles. The average Bonchev–Trinajstić information content (AvgIpc) is 2.16. The Kier molecular flexibility index (Phi) is 4.21. The molecule has 88 valence electrons. The monoisotopic (exact) mass is 269 g/mol. The summed E-state index contributed by atoms with van der Waals surface area (Å²) in [5.74, 6) is 0.528. The van der Waals surface area contributed by atoms with E-state index in [1.807, 2.05) is 0 Å². The van der Waals surface area contributed by atoms with Crippen LogP contribution in [-0.4, -0.2) is 16.0 Å². The van der Waals surface area contributed by atoms with E-state index >= 15 is 0 Å². The van der Waals surface area contributed by atoms with Crippen LogP contribution in [0.5, 0.6) is 0 Å². The van der Waals surface area contributed by atoms with Gasteiger partial charge in [-0.25, -0.2) is 4.98 Å². The van der Waals surface area contributed by atoms with Crippen molar-refractivity contribution in [1.82, 2.24) is 4.98 Å². The zero-order valence-electron chi connectivity index (χ0n) is 8.14. The van der Waals surface area contributed by atoms with Crippen LogP contribution >= 0.6 is 23.4 Å². The van der Waals surface area contributed by atoms with Crippen molar-refractivity contribution in [3.05, 3.63) is 23.5 Å². The van der Waals surface area contributed by atoms with E-state index in [0.717, 1.165) is 17.8 Å². The van der Waals surface area contributed by atoms with E-state index in [2.05, 4.69) is 4.98 Å². The fraction of sp³-hybridized carbons (Fsp3) is 0.333. The van der Waals surface area contributed by atoms with Gasteiger partial charge in [-0.3, -0.25) is 4.79 Å². The molecule has 0 radical (unpaired) electrons. The number of thioether (sulfide) groups is 1. The molecule has 0 amide bonds. The molecule has 0 saturated heterocycles. The number of pyridine rings is 1. The first-order valence-corrected chi connectivity index (χ1v) is 5.62. The highest BCUT2D eigenvalue weighted by atomic mass is 35.5. The molecule has 0 fully saturated rings. The van der Waals surface area contributed by atoms with Crippen molar-refractivity contribution in [2.45, 2.75) is 18.0 Å². The normalized spacial score (nSPS) is 11.6. The summed E-state index contributed by atoms with van der Waals surface area (Å²) in [5.41, 5.74) is -1.02. The molecule has 0 aliphatic rings. The third kappa shape index (κ3) is 3.12. The van der Waals surface area contributed by atoms with E-state index in [1.165, 1.54) is 0 Å². The molecule has 0 atom stereocenters. The SMILES string of the molecule is CCSc1cc(C(F)(F)F)cnc1C(=O)Cl. The lowest BCUT2D eigenvalue weighted by Gasteiger charge is -2.09. The standard InChI is InChI=1S/C9H7ClF3NOS/c1-2-16-6-3-5(9(11,12)13)4-14-7(6)8(10)15/h3-4H,2H2,1H3. The molecular weight excluding hydrogens is 263 g/mol. The number of halogens is 4. The summed E-state index contributed by atoms with van der Waals surface area (Å²) in [6, 6.07) is 0.886. The second-order valence-electron chi connectivity index (χ2n) is 2.78. The summed E-state index contributed by atoms with van der Waals surface area (Å²) in [6.07, 6.45) is -3.86. The van der Waals surface area contributed by atoms with E-state index in [0.29, 0.717) is 11.9 Å². The average molecular weight is 270 g/mol. The maximum absolute atomic E-state index is 12.4. The first-order valence-electron chi connectivity index (χ1n) is 4.26. The molecule has 1 aromatic rings. The Morgan fingerprint density at radius 3 is 2.62 bits per heavy atom. The molecule has 0 spiro atoms. The van der Waals surface area contributed by atoms with Crippen LogP contribution in [0.3, 0.4) is 0 Å². The van der Waals surface area contributed by atoms with Gasteiger partial charge in [-0.05, 0) is 23.4 Å². The fourth-order valence-electron chi connectivity index (χ4n) is 1.01. The second kappa shape index (κ2) is 5.05. The predicted octanol–water partition coefficient (Wildman–Crippen LogP) is 3.59. The van der Waals surface area contributed by atoms with Crippen LogP contribution in [0, 0.1) is 0 Å². The number of hydrogen-bond donors (Lipinski definition) is 0. The fourth-order valence-corrected chi connectivity index (χ4v) is 2.02. The summed E-state index contributed by atoms with van der Waals surface area (Å²) in [5, 5.41) is -0.857. The molecule has 0 bridgehead atoms. The predicted molar refractivity (Wildman–Crippen MR) is 55.8 cm³/mol. The molecule has 0 saturated carbocycles. The minimum absolute atomic E-state index is 0.137. The lowest BCUT2D eigenvalue weighted by molar-refractivity contribution is -0.138. The number of carbonyl (C=O) groups excluding carboxylic acids is 1. The van der Waals surface area contributed by atoms with Gasteiger partial charge in [-0.2, -0.15) is 13.2 Å². The van der Waals surface area contributed by atoms with E-state index in [9.17, 15) is 18.0 Å². The highest BCUT2D eigenvalue weighted by molar-refractivity contribution is 7.99. The van der Waals surface area contributed by atoms with Crippen molar-refractivity contribution >= 4 is 28.6 Å². The number of nitrogens with zero attached hydrogens (tertiary/aromatic N) is 1. The number of rotatable bonds is 3. The van der Waals surface area contributed by atoms with Gasteiger partial charge in [0.1, 0.15) is 5.69 Å². The van der Waals surface area contributed by atoms with Gasteiger partial charge in [0.05, 0.1) is 5.56 Å². The van der Waals surface area contributed by atoms with Crippen molar-refractivity contribution in [2.24, 2.45) is 0 Å². The smallest absolute Gasteiger partial charge is 0.274 e. The lowest BCUT2D eigenvalue weighted by atomic mass is 10.2. The summed E-state index contributed by atoms with van der Waals surface area (Å²) in [6.45, 7) is 1.76. The van der Waals surface area contributed by atoms with E-state index in [4.69, 9.17) is 11.6 Å². The third-order valence-electron chi connectivity index (χ3n) is 1.67. The molecule has 0 aromatic carbocycles. The van der Waals surface area contributed by atoms with E-state index < -0.39 is 17.0 Å². The van der Waals surface area contributed by atoms with Crippen molar-refractivity contribution in [3.8, 4) is 0 Å². The molecule has 0 aliphatic carbocycles. The van der Waals surface area contributed by atoms with E-state index in [1.54, 1.807) is 6.92 Å². The zero-order valence-corrected chi connectivity index (χ0v) is 9.71. The summed E-state index contributed by atoms with van der Waals surface area (Å²) < 4.78 is 37.1. The quantitative estimate of drug-likeness (QED) is 0.620. The number of aromatic nitrogens is 1. The van der Waals surface area contributed by atoms with Gasteiger partial charge < -0.3 is 0 Å². The van der Waals surface area contributed by atoms with E-state index in [-0.39, 0.29) is 10.6 Å². The largest absolute Gasteiger partial charge is 0.417 e. The lowest BCUT2D eigenvalue weighted by Crippen LogP contribution is -2.08. The minimum Gasteiger partial charge on any atom is -0.274 e. The van der Waals surface area contributed by atoms with Crippen LogP contribution in [-0.2, 0) is 6.18 Å². The van der Waals surface area contributed by atoms with Gasteiger partial charge in [0.2, 0.25) is 0 Å². The van der Waals surface area contributed by atoms with Gasteiger partial charge in [0, 0.05) is 11.1 Å². The van der Waals surface area contributed by atoms with Gasteiger partial charge in [-0.1, -0.05) is 6.92 Å². The molecule has 1 rings (SSSR count). The van der Waals surface area contributed by atoms with Gasteiger partial charge in [-0.15, -0.1) is 11.8 Å². The summed E-state index contributed by atoms with van der Waals surface area (Å²) in [4.78, 5) is 14.5. The molecular formula is C9H7ClF3NOS. The first kappa shape index (κ1) is 13.3. The highest BCUT2D eigenvalue weighted by Crippen LogP contribution is 2.32. The minimum atomic E-state index is -4.47.